The van der Waals surface area contributed by atoms with Crippen LogP contribution in [-0.2, 0) is 34.0 Å². The van der Waals surface area contributed by atoms with Crippen LogP contribution in [0.2, 0.25) is 0 Å². The third-order valence-electron chi connectivity index (χ3n) is 13.2. The van der Waals surface area contributed by atoms with Gasteiger partial charge in [-0.3, -0.25) is 0 Å². The predicted octanol–water partition coefficient (Wildman–Crippen LogP) is 19.0. The molecule has 340 valence electrons. The van der Waals surface area contributed by atoms with Crippen LogP contribution in [0.5, 0.6) is 0 Å². The highest BCUT2D eigenvalue weighted by Gasteiger charge is 2.33. The fourth-order valence-corrected chi connectivity index (χ4v) is 9.28. The Morgan fingerprint density at radius 2 is 0.455 bits per heavy atom. The summed E-state index contributed by atoms with van der Waals surface area (Å²) in [6.45, 7) is 25.9. The molecule has 6 heteroatoms. The highest BCUT2D eigenvalue weighted by Crippen LogP contribution is 2.55. The number of hydrogen-bond donors (Lipinski definition) is 0. The molecule has 0 amide bonds. The smallest absolute Gasteiger partial charge is 0.166 e. The zero-order valence-electron chi connectivity index (χ0n) is 40.0. The molecule has 8 aromatic rings. The maximum absolute atomic E-state index is 14.3. The van der Waals surface area contributed by atoms with Gasteiger partial charge in [0.15, 0.2) is 0 Å². The quantitative estimate of drug-likeness (QED) is 0.122. The summed E-state index contributed by atoms with van der Waals surface area (Å²) in [5.41, 5.74) is 8.27. The van der Waals surface area contributed by atoms with E-state index in [9.17, 15) is 26.3 Å². The summed E-state index contributed by atoms with van der Waals surface area (Å²) in [6.07, 6.45) is -9.11. The molecule has 0 unspecified atom stereocenters. The van der Waals surface area contributed by atoms with Crippen LogP contribution >= 0.6 is 0 Å². The lowest BCUT2D eigenvalue weighted by molar-refractivity contribution is -0.138. The van der Waals surface area contributed by atoms with E-state index in [1.807, 2.05) is 0 Å². The Kier molecular flexibility index (Phi) is 11.2. The van der Waals surface area contributed by atoms with Crippen molar-refractivity contribution in [2.24, 2.45) is 0 Å². The van der Waals surface area contributed by atoms with Crippen molar-refractivity contribution in [3.05, 3.63) is 167 Å². The van der Waals surface area contributed by atoms with Gasteiger partial charge in [0.1, 0.15) is 0 Å². The van der Waals surface area contributed by atoms with Crippen molar-refractivity contribution in [2.75, 3.05) is 0 Å². The molecule has 0 bridgehead atoms. The van der Waals surface area contributed by atoms with Crippen LogP contribution in [0.25, 0.3) is 76.8 Å². The van der Waals surface area contributed by atoms with Gasteiger partial charge in [-0.1, -0.05) is 180 Å². The van der Waals surface area contributed by atoms with Crippen LogP contribution in [0.15, 0.2) is 133 Å². The lowest BCUT2D eigenvalue weighted by Gasteiger charge is -2.28. The van der Waals surface area contributed by atoms with E-state index in [1.54, 1.807) is 24.3 Å². The number of alkyl halides is 6. The topological polar surface area (TPSA) is 0 Å². The minimum absolute atomic E-state index is 0.145. The first-order chi connectivity index (χ1) is 30.5. The molecule has 0 aromatic heterocycles. The predicted molar refractivity (Wildman–Crippen MR) is 266 cm³/mol. The minimum Gasteiger partial charge on any atom is -0.166 e. The molecule has 0 atom stereocenters. The van der Waals surface area contributed by atoms with E-state index in [2.05, 4.69) is 168 Å². The number of fused-ring (bicyclic) bond motifs is 3. The fourth-order valence-electron chi connectivity index (χ4n) is 9.28. The second kappa shape index (κ2) is 15.9. The Labute approximate surface area is 385 Å². The molecule has 0 aliphatic rings. The molecule has 0 nitrogen and oxygen atoms in total. The first-order valence-corrected chi connectivity index (χ1v) is 22.6. The van der Waals surface area contributed by atoms with Crippen LogP contribution < -0.4 is 0 Å². The van der Waals surface area contributed by atoms with E-state index in [1.165, 1.54) is 0 Å². The van der Waals surface area contributed by atoms with Crippen molar-refractivity contribution in [3.63, 3.8) is 0 Å². The molecule has 0 aliphatic heterocycles. The first-order valence-electron chi connectivity index (χ1n) is 22.6. The van der Waals surface area contributed by atoms with Crippen molar-refractivity contribution < 1.29 is 26.3 Å². The molecule has 0 N–H and O–H groups in total. The van der Waals surface area contributed by atoms with Crippen LogP contribution in [0.3, 0.4) is 0 Å². The van der Waals surface area contributed by atoms with E-state index < -0.39 is 23.5 Å². The Hall–Kier alpha value is -5.88. The van der Waals surface area contributed by atoms with E-state index in [0.717, 1.165) is 112 Å². The number of halogens is 6. The second-order valence-corrected chi connectivity index (χ2v) is 22.1. The van der Waals surface area contributed by atoms with Crippen molar-refractivity contribution >= 4 is 32.3 Å². The summed E-state index contributed by atoms with van der Waals surface area (Å²) in [6, 6.07) is 40.8. The average molecular weight is 893 g/mol. The third-order valence-corrected chi connectivity index (χ3v) is 13.2. The van der Waals surface area contributed by atoms with Crippen LogP contribution in [-0.4, -0.2) is 0 Å². The van der Waals surface area contributed by atoms with Crippen molar-refractivity contribution in [1.29, 1.82) is 0 Å². The third kappa shape index (κ3) is 8.64. The van der Waals surface area contributed by atoms with E-state index in [4.69, 9.17) is 0 Å². The molecule has 66 heavy (non-hydrogen) atoms. The van der Waals surface area contributed by atoms with Crippen molar-refractivity contribution in [1.82, 2.24) is 0 Å². The van der Waals surface area contributed by atoms with Gasteiger partial charge in [0.2, 0.25) is 0 Å². The lowest BCUT2D eigenvalue weighted by atomic mass is 9.75. The molecule has 0 saturated heterocycles. The summed E-state index contributed by atoms with van der Waals surface area (Å²) in [4.78, 5) is 0. The van der Waals surface area contributed by atoms with Gasteiger partial charge in [0, 0.05) is 0 Å². The minimum atomic E-state index is -4.55. The highest BCUT2D eigenvalue weighted by molar-refractivity contribution is 6.34. The summed E-state index contributed by atoms with van der Waals surface area (Å²) in [7, 11) is 0. The van der Waals surface area contributed by atoms with Crippen LogP contribution in [0, 0.1) is 0 Å². The molecule has 8 aromatic carbocycles. The summed E-state index contributed by atoms with van der Waals surface area (Å²) >= 11 is 0. The Morgan fingerprint density at radius 1 is 0.242 bits per heavy atom. The molecule has 0 aliphatic carbocycles. The lowest BCUT2D eigenvalue weighted by Crippen LogP contribution is -2.12. The van der Waals surface area contributed by atoms with Crippen LogP contribution in [0.1, 0.15) is 116 Å². The Bertz CT molecular complexity index is 2900. The average Bonchev–Trinajstić information content (AvgIpc) is 3.22. The molecule has 0 spiro atoms. The number of benzene rings is 8. The van der Waals surface area contributed by atoms with Gasteiger partial charge < -0.3 is 0 Å². The van der Waals surface area contributed by atoms with E-state index in [-0.39, 0.29) is 21.7 Å². The van der Waals surface area contributed by atoms with E-state index >= 15 is 0 Å². The van der Waals surface area contributed by atoms with Gasteiger partial charge in [-0.25, -0.2) is 0 Å². The zero-order valence-corrected chi connectivity index (χ0v) is 40.0. The van der Waals surface area contributed by atoms with E-state index in [0.29, 0.717) is 11.1 Å². The van der Waals surface area contributed by atoms with Crippen molar-refractivity contribution in [2.45, 2.75) is 117 Å². The fraction of sp³-hybridized carbons (Fsp3) is 0.300. The monoisotopic (exact) mass is 892 g/mol. The van der Waals surface area contributed by atoms with Gasteiger partial charge in [-0.05, 0) is 157 Å². The number of rotatable bonds is 4. The number of hydrogen-bond acceptors (Lipinski definition) is 0. The Balaban J connectivity index is 1.73. The van der Waals surface area contributed by atoms with Gasteiger partial charge in [0.25, 0.3) is 0 Å². The standard InChI is InChI=1S/C60H58F6/c1-55(2,3)39-21-13-35(14-22-39)49-45-31-29-43(57(7,8)9)33-47(45)52(38-19-27-42(28-20-38)60(64,65)66)54-50(36-15-23-40(24-16-36)56(4,5)6)46-32-30-44(58(10,11)12)34-48(46)51(53(49)54)37-17-25-41(26-18-37)59(61,62)63/h13-34H,1-12H3. The molecule has 0 saturated carbocycles. The van der Waals surface area contributed by atoms with Gasteiger partial charge in [-0.15, -0.1) is 0 Å². The van der Waals surface area contributed by atoms with Gasteiger partial charge >= 0.3 is 12.4 Å². The van der Waals surface area contributed by atoms with Crippen LogP contribution in [0.4, 0.5) is 26.3 Å². The second-order valence-electron chi connectivity index (χ2n) is 22.1. The molecule has 8 rings (SSSR count). The SMILES string of the molecule is CC(C)(C)c1ccc(-c2c3ccc(C(C)(C)C)cc3c(-c3ccc(C(F)(F)F)cc3)c3c(-c4ccc(C(C)(C)C)cc4)c4ccc(C(C)(C)C)cc4c(-c4ccc(C(F)(F)F)cc4)c23)cc1. The van der Waals surface area contributed by atoms with Gasteiger partial charge in [0.05, 0.1) is 11.1 Å². The molecule has 0 radical (unpaired) electrons. The molecular formula is C60H58F6. The molecule has 0 fully saturated rings. The first kappa shape index (κ1) is 46.6. The maximum Gasteiger partial charge on any atom is 0.416 e. The Morgan fingerprint density at radius 3 is 0.682 bits per heavy atom. The normalized spacial score (nSPS) is 13.3. The summed E-state index contributed by atoms with van der Waals surface area (Å²) < 4.78 is 85.9. The highest BCUT2D eigenvalue weighted by atomic mass is 19.4. The summed E-state index contributed by atoms with van der Waals surface area (Å²) in [5.74, 6) is 0. The maximum atomic E-state index is 14.3. The molecule has 0 heterocycles. The molecular weight excluding hydrogens is 835 g/mol. The summed E-state index contributed by atoms with van der Waals surface area (Å²) in [5, 5.41) is 5.09. The largest absolute Gasteiger partial charge is 0.416 e. The van der Waals surface area contributed by atoms with Gasteiger partial charge in [-0.2, -0.15) is 26.3 Å². The zero-order chi connectivity index (χ0) is 48.1. The van der Waals surface area contributed by atoms with Crippen molar-refractivity contribution in [3.8, 4) is 44.5 Å².